The van der Waals surface area contributed by atoms with Gasteiger partial charge in [-0.1, -0.05) is 36.4 Å². The van der Waals surface area contributed by atoms with Gasteiger partial charge < -0.3 is 10.0 Å². The van der Waals surface area contributed by atoms with E-state index < -0.39 is 0 Å². The molecule has 1 heterocycles. The molecule has 1 aliphatic heterocycles. The highest BCUT2D eigenvalue weighted by atomic mass is 16.3. The van der Waals surface area contributed by atoms with Gasteiger partial charge in [0.25, 0.3) is 5.91 Å². The Morgan fingerprint density at radius 2 is 1.94 bits per heavy atom. The lowest BCUT2D eigenvalue weighted by Gasteiger charge is -2.47. The van der Waals surface area contributed by atoms with E-state index in [9.17, 15) is 9.90 Å². The largest absolute Gasteiger partial charge is 0.508 e. The Balaban J connectivity index is 2.10. The van der Waals surface area contributed by atoms with Gasteiger partial charge in [-0.3, -0.25) is 14.6 Å². The second kappa shape index (κ2) is 10.1. The first-order valence-corrected chi connectivity index (χ1v) is 11.1. The number of carbonyl (C=O) groups is 1. The molecule has 2 aromatic carbocycles. The van der Waals surface area contributed by atoms with Crippen molar-refractivity contribution in [3.8, 4) is 5.75 Å². The van der Waals surface area contributed by atoms with Crippen molar-refractivity contribution in [2.45, 2.75) is 38.9 Å². The summed E-state index contributed by atoms with van der Waals surface area (Å²) in [7, 11) is 1.83. The first-order chi connectivity index (χ1) is 14.9. The molecule has 3 atom stereocenters. The van der Waals surface area contributed by atoms with Crippen LogP contribution < -0.4 is 0 Å². The van der Waals surface area contributed by atoms with E-state index in [4.69, 9.17) is 0 Å². The fraction of sp³-hybridized carbons (Fsp3) is 0.423. The maximum Gasteiger partial charge on any atom is 0.253 e. The molecule has 0 bridgehead atoms. The van der Waals surface area contributed by atoms with Gasteiger partial charge in [-0.25, -0.2) is 0 Å². The Kier molecular flexibility index (Phi) is 7.52. The van der Waals surface area contributed by atoms with E-state index in [1.165, 1.54) is 0 Å². The highest BCUT2D eigenvalue weighted by Gasteiger charge is 2.36. The van der Waals surface area contributed by atoms with Crippen molar-refractivity contribution in [3.63, 3.8) is 0 Å². The Bertz CT molecular complexity index is 913. The first-order valence-electron chi connectivity index (χ1n) is 11.1. The lowest BCUT2D eigenvalue weighted by Crippen LogP contribution is -2.57. The van der Waals surface area contributed by atoms with Crippen LogP contribution in [0.3, 0.4) is 0 Å². The number of benzene rings is 2. The summed E-state index contributed by atoms with van der Waals surface area (Å²) in [5.74, 6) is 0.261. The van der Waals surface area contributed by atoms with E-state index in [0.717, 1.165) is 30.8 Å². The van der Waals surface area contributed by atoms with E-state index >= 15 is 0 Å². The van der Waals surface area contributed by atoms with Crippen LogP contribution in [0, 0.1) is 0 Å². The summed E-state index contributed by atoms with van der Waals surface area (Å²) in [6.45, 7) is 13.7. The molecule has 1 amide bonds. The summed E-state index contributed by atoms with van der Waals surface area (Å²) in [5.41, 5.74) is 2.69. The lowest BCUT2D eigenvalue weighted by atomic mass is 9.90. The highest BCUT2D eigenvalue weighted by Crippen LogP contribution is 2.36. The monoisotopic (exact) mass is 421 g/mol. The topological polar surface area (TPSA) is 47.0 Å². The van der Waals surface area contributed by atoms with Crippen LogP contribution in [-0.4, -0.2) is 71.0 Å². The zero-order valence-electron chi connectivity index (χ0n) is 19.2. The number of rotatable bonds is 7. The standard InChI is InChI=1S/C26H35N3O2/c1-6-15-28-17-20(4)29(18-19(28)3)25(21-11-10-12-22(30)16-21)23-13-8-9-14-24(23)26(31)27(5)7-2/h6,8-14,16,19-20,25,30H,1,7,15,17-18H2,2-5H3/t19-,20-,25-/m0/s1. The zero-order valence-corrected chi connectivity index (χ0v) is 19.2. The lowest BCUT2D eigenvalue weighted by molar-refractivity contribution is 0.0302. The second-order valence-electron chi connectivity index (χ2n) is 8.54. The summed E-state index contributed by atoms with van der Waals surface area (Å²) in [6.07, 6.45) is 1.96. The number of nitrogens with zero attached hydrogens (tertiary/aromatic N) is 3. The van der Waals surface area contributed by atoms with Crippen molar-refractivity contribution < 1.29 is 9.90 Å². The minimum atomic E-state index is -0.124. The fourth-order valence-corrected chi connectivity index (χ4v) is 4.53. The molecule has 0 aromatic heterocycles. The average Bonchev–Trinajstić information content (AvgIpc) is 2.76. The molecule has 2 aromatic rings. The summed E-state index contributed by atoms with van der Waals surface area (Å²) < 4.78 is 0. The molecule has 0 saturated carbocycles. The van der Waals surface area contributed by atoms with Crippen molar-refractivity contribution in [1.82, 2.24) is 14.7 Å². The van der Waals surface area contributed by atoms with Gasteiger partial charge in [0.05, 0.1) is 6.04 Å². The summed E-state index contributed by atoms with van der Waals surface area (Å²) in [5, 5.41) is 10.2. The molecule has 1 saturated heterocycles. The van der Waals surface area contributed by atoms with Crippen LogP contribution in [-0.2, 0) is 0 Å². The highest BCUT2D eigenvalue weighted by molar-refractivity contribution is 5.95. The van der Waals surface area contributed by atoms with Crippen LogP contribution in [0.15, 0.2) is 61.2 Å². The average molecular weight is 422 g/mol. The van der Waals surface area contributed by atoms with Crippen LogP contribution in [0.4, 0.5) is 0 Å². The van der Waals surface area contributed by atoms with Gasteiger partial charge in [-0.05, 0) is 50.1 Å². The molecule has 1 aliphatic rings. The molecule has 5 nitrogen and oxygen atoms in total. The molecule has 0 aliphatic carbocycles. The summed E-state index contributed by atoms with van der Waals surface area (Å²) >= 11 is 0. The minimum Gasteiger partial charge on any atom is -0.508 e. The fourth-order valence-electron chi connectivity index (χ4n) is 4.53. The van der Waals surface area contributed by atoms with Gasteiger partial charge in [-0.2, -0.15) is 0 Å². The van der Waals surface area contributed by atoms with Crippen LogP contribution in [0.5, 0.6) is 5.75 Å². The zero-order chi connectivity index (χ0) is 22.5. The number of carbonyl (C=O) groups excluding carboxylic acids is 1. The van der Waals surface area contributed by atoms with Crippen LogP contribution in [0.2, 0.25) is 0 Å². The molecule has 5 heteroatoms. The molecular weight excluding hydrogens is 386 g/mol. The van der Waals surface area contributed by atoms with Crippen LogP contribution >= 0.6 is 0 Å². The number of amides is 1. The molecule has 31 heavy (non-hydrogen) atoms. The molecular formula is C26H35N3O2. The third-order valence-electron chi connectivity index (χ3n) is 6.35. The summed E-state index contributed by atoms with van der Waals surface area (Å²) in [6, 6.07) is 15.8. The van der Waals surface area contributed by atoms with E-state index in [1.807, 2.05) is 56.4 Å². The smallest absolute Gasteiger partial charge is 0.253 e. The van der Waals surface area contributed by atoms with Crippen molar-refractivity contribution in [3.05, 3.63) is 77.9 Å². The number of hydrogen-bond donors (Lipinski definition) is 1. The Labute approximate surface area is 186 Å². The molecule has 1 N–H and O–H groups in total. The molecule has 3 rings (SSSR count). The number of piperazine rings is 1. The normalized spacial score (nSPS) is 20.9. The molecule has 0 spiro atoms. The predicted molar refractivity (Wildman–Crippen MR) is 126 cm³/mol. The van der Waals surface area contributed by atoms with Crippen molar-refractivity contribution in [2.75, 3.05) is 33.2 Å². The maximum absolute atomic E-state index is 13.2. The van der Waals surface area contributed by atoms with Crippen LogP contribution in [0.1, 0.15) is 48.3 Å². The van der Waals surface area contributed by atoms with Crippen molar-refractivity contribution in [1.29, 1.82) is 0 Å². The SMILES string of the molecule is C=CCN1C[C@H](C)N([C@@H](c2cccc(O)c2)c2ccccc2C(=O)N(C)CC)C[C@@H]1C. The maximum atomic E-state index is 13.2. The van der Waals surface area contributed by atoms with E-state index in [0.29, 0.717) is 18.2 Å². The number of hydrogen-bond acceptors (Lipinski definition) is 4. The molecule has 166 valence electrons. The van der Waals surface area contributed by atoms with E-state index in [-0.39, 0.29) is 23.7 Å². The second-order valence-corrected chi connectivity index (χ2v) is 8.54. The third-order valence-corrected chi connectivity index (χ3v) is 6.35. The van der Waals surface area contributed by atoms with Gasteiger partial charge in [0, 0.05) is 50.9 Å². The number of phenols is 1. The third kappa shape index (κ3) is 5.00. The molecule has 0 unspecified atom stereocenters. The van der Waals surface area contributed by atoms with E-state index in [1.54, 1.807) is 11.0 Å². The Hall–Kier alpha value is -2.63. The van der Waals surface area contributed by atoms with Gasteiger partial charge >= 0.3 is 0 Å². The van der Waals surface area contributed by atoms with Crippen molar-refractivity contribution in [2.24, 2.45) is 0 Å². The number of phenolic OH excluding ortho intramolecular Hbond substituents is 1. The number of aromatic hydroxyl groups is 1. The van der Waals surface area contributed by atoms with Crippen molar-refractivity contribution >= 4 is 5.91 Å². The predicted octanol–water partition coefficient (Wildman–Crippen LogP) is 4.15. The Morgan fingerprint density at radius 3 is 2.61 bits per heavy atom. The molecule has 1 fully saturated rings. The van der Waals surface area contributed by atoms with Gasteiger partial charge in [-0.15, -0.1) is 6.58 Å². The quantitative estimate of drug-likeness (QED) is 0.682. The van der Waals surface area contributed by atoms with Crippen LogP contribution in [0.25, 0.3) is 0 Å². The summed E-state index contributed by atoms with van der Waals surface area (Å²) in [4.78, 5) is 19.9. The van der Waals surface area contributed by atoms with E-state index in [2.05, 4.69) is 36.3 Å². The molecule has 0 radical (unpaired) electrons. The Morgan fingerprint density at radius 1 is 1.19 bits per heavy atom. The van der Waals surface area contributed by atoms with Gasteiger partial charge in [0.2, 0.25) is 0 Å². The first kappa shape index (κ1) is 23.0. The van der Waals surface area contributed by atoms with Gasteiger partial charge in [0.15, 0.2) is 0 Å². The van der Waals surface area contributed by atoms with Gasteiger partial charge in [0.1, 0.15) is 5.75 Å². The minimum absolute atomic E-state index is 0.0225.